The van der Waals surface area contributed by atoms with Crippen molar-refractivity contribution in [3.63, 3.8) is 0 Å². The molecule has 1 aliphatic rings. The summed E-state index contributed by atoms with van der Waals surface area (Å²) in [7, 11) is 0. The normalized spacial score (nSPS) is 18.2. The van der Waals surface area contributed by atoms with E-state index in [1.165, 1.54) is 22.5 Å². The van der Waals surface area contributed by atoms with E-state index < -0.39 is 0 Å². The van der Waals surface area contributed by atoms with Crippen LogP contribution in [-0.2, 0) is 12.0 Å². The third-order valence-electron chi connectivity index (χ3n) is 4.62. The molecule has 0 radical (unpaired) electrons. The second-order valence-corrected chi connectivity index (χ2v) is 8.30. The van der Waals surface area contributed by atoms with Crippen LogP contribution in [0, 0.1) is 0 Å². The number of aromatic nitrogens is 1. The third kappa shape index (κ3) is 3.37. The monoisotopic (exact) mass is 343 g/mol. The lowest BCUT2D eigenvalue weighted by Gasteiger charge is -2.25. The van der Waals surface area contributed by atoms with Gasteiger partial charge in [-0.15, -0.1) is 11.3 Å². The van der Waals surface area contributed by atoms with Crippen molar-refractivity contribution in [2.45, 2.75) is 51.6 Å². The molecule has 1 aliphatic heterocycles. The second-order valence-electron chi connectivity index (χ2n) is 7.36. The zero-order valence-electron chi connectivity index (χ0n) is 14.6. The average molecular weight is 343 g/mol. The van der Waals surface area contributed by atoms with E-state index in [1.54, 1.807) is 0 Å². The lowest BCUT2D eigenvalue weighted by atomic mass is 9.86. The van der Waals surface area contributed by atoms with Gasteiger partial charge in [-0.25, -0.2) is 4.98 Å². The van der Waals surface area contributed by atoms with Gasteiger partial charge in [0, 0.05) is 18.5 Å². The van der Waals surface area contributed by atoms with Gasteiger partial charge in [0.15, 0.2) is 0 Å². The van der Waals surface area contributed by atoms with Crippen molar-refractivity contribution >= 4 is 17.2 Å². The van der Waals surface area contributed by atoms with Crippen molar-refractivity contribution < 1.29 is 4.79 Å². The molecule has 0 spiro atoms. The fourth-order valence-electron chi connectivity index (χ4n) is 3.21. The van der Waals surface area contributed by atoms with Gasteiger partial charge in [0.1, 0.15) is 10.7 Å². The van der Waals surface area contributed by atoms with Gasteiger partial charge in [0.2, 0.25) is 0 Å². The number of amides is 1. The first-order chi connectivity index (χ1) is 11.4. The number of thiazole rings is 1. The van der Waals surface area contributed by atoms with E-state index in [0.717, 1.165) is 24.4 Å². The Morgan fingerprint density at radius 1 is 1.33 bits per heavy atom. The SMILES string of the molecule is CC(C)(C)c1ccc(C2CCCN2C(=O)c2csc(CN)n2)cc1. The van der Waals surface area contributed by atoms with Crippen LogP contribution in [0.4, 0.5) is 0 Å². The van der Waals surface area contributed by atoms with Gasteiger partial charge in [0.05, 0.1) is 6.04 Å². The number of hydrogen-bond donors (Lipinski definition) is 1. The largest absolute Gasteiger partial charge is 0.330 e. The first-order valence-corrected chi connectivity index (χ1v) is 9.34. The van der Waals surface area contributed by atoms with Crippen LogP contribution in [0.15, 0.2) is 29.6 Å². The Bertz CT molecular complexity index is 715. The number of carbonyl (C=O) groups excluding carboxylic acids is 1. The summed E-state index contributed by atoms with van der Waals surface area (Å²) in [6, 6.07) is 8.86. The Kier molecular flexibility index (Phi) is 4.74. The van der Waals surface area contributed by atoms with Gasteiger partial charge >= 0.3 is 0 Å². The van der Waals surface area contributed by atoms with Crippen LogP contribution in [-0.4, -0.2) is 22.3 Å². The highest BCUT2D eigenvalue weighted by atomic mass is 32.1. The van der Waals surface area contributed by atoms with E-state index in [9.17, 15) is 4.79 Å². The quantitative estimate of drug-likeness (QED) is 0.920. The molecule has 1 amide bonds. The Morgan fingerprint density at radius 2 is 2.04 bits per heavy atom. The standard InChI is InChI=1S/C19H25N3OS/c1-19(2,3)14-8-6-13(7-9-14)16-5-4-10-22(16)18(23)15-12-24-17(11-20)21-15/h6-9,12,16H,4-5,10-11,20H2,1-3H3. The number of nitrogens with zero attached hydrogens (tertiary/aromatic N) is 2. The number of carbonyl (C=O) groups is 1. The van der Waals surface area contributed by atoms with E-state index in [-0.39, 0.29) is 17.4 Å². The molecule has 2 N–H and O–H groups in total. The molecule has 4 nitrogen and oxygen atoms in total. The van der Waals surface area contributed by atoms with Crippen molar-refractivity contribution in [2.24, 2.45) is 5.73 Å². The van der Waals surface area contributed by atoms with Crippen LogP contribution in [0.1, 0.15) is 66.3 Å². The molecule has 1 unspecified atom stereocenters. The fraction of sp³-hybridized carbons (Fsp3) is 0.474. The second kappa shape index (κ2) is 6.65. The molecule has 24 heavy (non-hydrogen) atoms. The van der Waals surface area contributed by atoms with E-state index in [0.29, 0.717) is 12.2 Å². The van der Waals surface area contributed by atoms with Crippen molar-refractivity contribution in [3.05, 3.63) is 51.5 Å². The summed E-state index contributed by atoms with van der Waals surface area (Å²) in [5.74, 6) is 0.0216. The van der Waals surface area contributed by atoms with Crippen molar-refractivity contribution in [1.29, 1.82) is 0 Å². The molecule has 2 aromatic rings. The molecule has 1 aromatic carbocycles. The van der Waals surface area contributed by atoms with Crippen molar-refractivity contribution in [1.82, 2.24) is 9.88 Å². The minimum atomic E-state index is 0.0216. The van der Waals surface area contributed by atoms with E-state index in [1.807, 2.05) is 10.3 Å². The first kappa shape index (κ1) is 17.1. The molecule has 0 aliphatic carbocycles. The number of benzene rings is 1. The molecule has 1 fully saturated rings. The van der Waals surface area contributed by atoms with Crippen LogP contribution in [0.5, 0.6) is 0 Å². The third-order valence-corrected chi connectivity index (χ3v) is 5.49. The van der Waals surface area contributed by atoms with Crippen LogP contribution < -0.4 is 5.73 Å². The van der Waals surface area contributed by atoms with Gasteiger partial charge in [-0.1, -0.05) is 45.0 Å². The molecular formula is C19H25N3OS. The Labute approximate surface area is 147 Å². The summed E-state index contributed by atoms with van der Waals surface area (Å²) in [5.41, 5.74) is 8.80. The molecule has 1 atom stereocenters. The molecule has 5 heteroatoms. The van der Waals surface area contributed by atoms with Crippen molar-refractivity contribution in [3.8, 4) is 0 Å². The van der Waals surface area contributed by atoms with Gasteiger partial charge in [-0.3, -0.25) is 4.79 Å². The maximum atomic E-state index is 12.8. The highest BCUT2D eigenvalue weighted by Gasteiger charge is 2.31. The summed E-state index contributed by atoms with van der Waals surface area (Å²) in [5, 5.41) is 2.63. The molecule has 128 valence electrons. The summed E-state index contributed by atoms with van der Waals surface area (Å²) in [6.45, 7) is 7.82. The molecule has 0 saturated carbocycles. The van der Waals surface area contributed by atoms with E-state index in [4.69, 9.17) is 5.73 Å². The zero-order valence-corrected chi connectivity index (χ0v) is 15.4. The Morgan fingerprint density at radius 3 is 2.62 bits per heavy atom. The number of hydrogen-bond acceptors (Lipinski definition) is 4. The molecule has 2 heterocycles. The fourth-order valence-corrected chi connectivity index (χ4v) is 3.86. The minimum Gasteiger partial charge on any atom is -0.330 e. The highest BCUT2D eigenvalue weighted by Crippen LogP contribution is 2.34. The molecular weight excluding hydrogens is 318 g/mol. The van der Waals surface area contributed by atoms with Crippen LogP contribution >= 0.6 is 11.3 Å². The van der Waals surface area contributed by atoms with Crippen molar-refractivity contribution in [2.75, 3.05) is 6.54 Å². The first-order valence-electron chi connectivity index (χ1n) is 8.46. The predicted molar refractivity (Wildman–Crippen MR) is 98.2 cm³/mol. The molecule has 0 bridgehead atoms. The van der Waals surface area contributed by atoms with Gasteiger partial charge < -0.3 is 10.6 Å². The number of rotatable bonds is 3. The minimum absolute atomic E-state index is 0.0216. The summed E-state index contributed by atoms with van der Waals surface area (Å²) >= 11 is 1.45. The maximum absolute atomic E-state index is 12.8. The Hall–Kier alpha value is -1.72. The highest BCUT2D eigenvalue weighted by molar-refractivity contribution is 7.09. The van der Waals surface area contributed by atoms with Crippen LogP contribution in [0.25, 0.3) is 0 Å². The Balaban J connectivity index is 1.81. The van der Waals surface area contributed by atoms with Gasteiger partial charge in [0.25, 0.3) is 5.91 Å². The van der Waals surface area contributed by atoms with Gasteiger partial charge in [-0.05, 0) is 29.4 Å². The molecule has 1 aromatic heterocycles. The topological polar surface area (TPSA) is 59.2 Å². The van der Waals surface area contributed by atoms with E-state index >= 15 is 0 Å². The molecule has 1 saturated heterocycles. The van der Waals surface area contributed by atoms with Crippen LogP contribution in [0.2, 0.25) is 0 Å². The summed E-state index contributed by atoms with van der Waals surface area (Å²) in [6.07, 6.45) is 2.04. The smallest absolute Gasteiger partial charge is 0.273 e. The zero-order chi connectivity index (χ0) is 17.3. The number of nitrogens with two attached hydrogens (primary N) is 1. The molecule has 3 rings (SSSR count). The number of likely N-dealkylation sites (tertiary alicyclic amines) is 1. The maximum Gasteiger partial charge on any atom is 0.273 e. The average Bonchev–Trinajstić information content (AvgIpc) is 3.22. The van der Waals surface area contributed by atoms with E-state index in [2.05, 4.69) is 50.0 Å². The summed E-state index contributed by atoms with van der Waals surface area (Å²) in [4.78, 5) is 19.1. The predicted octanol–water partition coefficient (Wildman–Crippen LogP) is 3.88. The van der Waals surface area contributed by atoms with Crippen LogP contribution in [0.3, 0.4) is 0 Å². The van der Waals surface area contributed by atoms with Gasteiger partial charge in [-0.2, -0.15) is 0 Å². The lowest BCUT2D eigenvalue weighted by molar-refractivity contribution is 0.0730. The lowest BCUT2D eigenvalue weighted by Crippen LogP contribution is -2.30. The summed E-state index contributed by atoms with van der Waals surface area (Å²) < 4.78 is 0.